The SMILES string of the molecule is CC(C)(C)c1cc(CC(=O)Nc2ccc(NC(=O)c3cnn(-c4cccc(Cl)c4)c3)cc2)no1. The Morgan fingerprint density at radius 2 is 1.74 bits per heavy atom. The number of carbonyl (C=O) groups excluding carboxylic acids is 2. The van der Waals surface area contributed by atoms with E-state index in [2.05, 4.69) is 20.9 Å². The Morgan fingerprint density at radius 3 is 2.38 bits per heavy atom. The highest BCUT2D eigenvalue weighted by atomic mass is 35.5. The van der Waals surface area contributed by atoms with Crippen LogP contribution in [0.25, 0.3) is 5.69 Å². The van der Waals surface area contributed by atoms with Gasteiger partial charge in [-0.05, 0) is 42.5 Å². The van der Waals surface area contributed by atoms with Crippen LogP contribution in [0.4, 0.5) is 11.4 Å². The van der Waals surface area contributed by atoms with Crippen molar-refractivity contribution in [1.29, 1.82) is 0 Å². The van der Waals surface area contributed by atoms with Gasteiger partial charge in [0.05, 0.1) is 29.6 Å². The van der Waals surface area contributed by atoms with Gasteiger partial charge in [0.2, 0.25) is 5.91 Å². The summed E-state index contributed by atoms with van der Waals surface area (Å²) in [4.78, 5) is 24.9. The highest BCUT2D eigenvalue weighted by Gasteiger charge is 2.20. The summed E-state index contributed by atoms with van der Waals surface area (Å²) in [5.74, 6) is 0.221. The molecule has 0 aliphatic rings. The van der Waals surface area contributed by atoms with Crippen molar-refractivity contribution in [2.75, 3.05) is 10.6 Å². The summed E-state index contributed by atoms with van der Waals surface area (Å²) in [5.41, 5.74) is 2.76. The zero-order valence-corrected chi connectivity index (χ0v) is 19.8. The molecule has 4 aromatic rings. The fraction of sp³-hybridized carbons (Fsp3) is 0.200. The van der Waals surface area contributed by atoms with Gasteiger partial charge in [0.15, 0.2) is 0 Å². The Morgan fingerprint density at radius 1 is 1.03 bits per heavy atom. The predicted molar refractivity (Wildman–Crippen MR) is 131 cm³/mol. The van der Waals surface area contributed by atoms with Crippen LogP contribution in [0.5, 0.6) is 0 Å². The largest absolute Gasteiger partial charge is 0.361 e. The van der Waals surface area contributed by atoms with Crippen molar-refractivity contribution in [2.45, 2.75) is 32.6 Å². The third kappa shape index (κ3) is 5.71. The number of benzene rings is 2. The quantitative estimate of drug-likeness (QED) is 0.395. The number of halogens is 1. The molecule has 8 nitrogen and oxygen atoms in total. The summed E-state index contributed by atoms with van der Waals surface area (Å²) < 4.78 is 6.90. The molecule has 0 bridgehead atoms. The number of hydrogen-bond acceptors (Lipinski definition) is 5. The molecule has 174 valence electrons. The molecule has 0 unspecified atom stereocenters. The number of anilines is 2. The van der Waals surface area contributed by atoms with Gasteiger partial charge in [-0.2, -0.15) is 5.10 Å². The first-order valence-electron chi connectivity index (χ1n) is 10.7. The van der Waals surface area contributed by atoms with E-state index in [4.69, 9.17) is 16.1 Å². The number of nitrogens with zero attached hydrogens (tertiary/aromatic N) is 3. The van der Waals surface area contributed by atoms with Gasteiger partial charge in [-0.25, -0.2) is 4.68 Å². The van der Waals surface area contributed by atoms with Crippen LogP contribution in [0.2, 0.25) is 5.02 Å². The minimum Gasteiger partial charge on any atom is -0.361 e. The first-order chi connectivity index (χ1) is 16.2. The van der Waals surface area contributed by atoms with Crippen molar-refractivity contribution in [3.63, 3.8) is 0 Å². The molecule has 2 aromatic carbocycles. The molecule has 2 heterocycles. The Hall–Kier alpha value is -3.91. The summed E-state index contributed by atoms with van der Waals surface area (Å²) in [5, 5.41) is 14.4. The predicted octanol–water partition coefficient (Wildman–Crippen LogP) is 5.24. The highest BCUT2D eigenvalue weighted by Crippen LogP contribution is 2.23. The Labute approximate surface area is 201 Å². The van der Waals surface area contributed by atoms with Crippen LogP contribution >= 0.6 is 11.6 Å². The molecule has 0 atom stereocenters. The maximum Gasteiger partial charge on any atom is 0.258 e. The van der Waals surface area contributed by atoms with Gasteiger partial charge in [-0.3, -0.25) is 9.59 Å². The lowest BCUT2D eigenvalue weighted by Crippen LogP contribution is -2.15. The molecule has 34 heavy (non-hydrogen) atoms. The fourth-order valence-electron chi connectivity index (χ4n) is 3.16. The monoisotopic (exact) mass is 477 g/mol. The smallest absolute Gasteiger partial charge is 0.258 e. The zero-order chi connectivity index (χ0) is 24.3. The molecule has 4 rings (SSSR count). The van der Waals surface area contributed by atoms with Crippen LogP contribution in [0.3, 0.4) is 0 Å². The van der Waals surface area contributed by atoms with Crippen LogP contribution in [-0.2, 0) is 16.6 Å². The normalized spacial score (nSPS) is 11.3. The third-order valence-corrected chi connectivity index (χ3v) is 5.22. The summed E-state index contributed by atoms with van der Waals surface area (Å²) in [6, 6.07) is 15.8. The standard InChI is InChI=1S/C25H24ClN5O3/c1-25(2,3)22-12-20(30-34-22)13-23(32)28-18-7-9-19(10-8-18)29-24(33)16-14-27-31(15-16)21-6-4-5-17(26)11-21/h4-12,14-15H,13H2,1-3H3,(H,28,32)(H,29,33). The van der Waals surface area contributed by atoms with E-state index in [-0.39, 0.29) is 23.7 Å². The van der Waals surface area contributed by atoms with Gasteiger partial charge in [-0.15, -0.1) is 0 Å². The van der Waals surface area contributed by atoms with E-state index in [9.17, 15) is 9.59 Å². The Bertz CT molecular complexity index is 1320. The van der Waals surface area contributed by atoms with Crippen molar-refractivity contribution in [3.05, 3.63) is 89.0 Å². The number of amides is 2. The van der Waals surface area contributed by atoms with Gasteiger partial charge in [-0.1, -0.05) is 43.6 Å². The third-order valence-electron chi connectivity index (χ3n) is 4.98. The summed E-state index contributed by atoms with van der Waals surface area (Å²) in [6.45, 7) is 6.05. The van der Waals surface area contributed by atoms with Crippen LogP contribution in [-0.4, -0.2) is 26.8 Å². The van der Waals surface area contributed by atoms with Crippen molar-refractivity contribution in [3.8, 4) is 5.69 Å². The summed E-state index contributed by atoms with van der Waals surface area (Å²) >= 11 is 6.02. The van der Waals surface area contributed by atoms with Crippen LogP contribution in [0.15, 0.2) is 71.5 Å². The molecular formula is C25H24ClN5O3. The zero-order valence-electron chi connectivity index (χ0n) is 19.0. The van der Waals surface area contributed by atoms with Crippen molar-refractivity contribution >= 4 is 34.8 Å². The molecule has 0 aliphatic heterocycles. The van der Waals surface area contributed by atoms with Crippen molar-refractivity contribution in [2.24, 2.45) is 0 Å². The average Bonchev–Trinajstić information content (AvgIpc) is 3.45. The van der Waals surface area contributed by atoms with Gasteiger partial charge in [0.1, 0.15) is 5.76 Å². The second kappa shape index (κ2) is 9.52. The second-order valence-corrected chi connectivity index (χ2v) is 9.28. The van der Waals surface area contributed by atoms with Crippen molar-refractivity contribution < 1.29 is 14.1 Å². The lowest BCUT2D eigenvalue weighted by atomic mass is 9.93. The van der Waals surface area contributed by atoms with Gasteiger partial charge in [0, 0.05) is 34.1 Å². The molecular weight excluding hydrogens is 454 g/mol. The minimum absolute atomic E-state index is 0.106. The van der Waals surface area contributed by atoms with E-state index in [1.165, 1.54) is 6.20 Å². The lowest BCUT2D eigenvalue weighted by Gasteiger charge is -2.12. The molecule has 2 aromatic heterocycles. The van der Waals surface area contributed by atoms with E-state index in [0.717, 1.165) is 11.4 Å². The first kappa shape index (κ1) is 23.3. The molecule has 0 saturated carbocycles. The number of hydrogen-bond donors (Lipinski definition) is 2. The number of rotatable bonds is 6. The maximum atomic E-state index is 12.6. The summed E-state index contributed by atoms with van der Waals surface area (Å²) in [6.07, 6.45) is 3.22. The van der Waals surface area contributed by atoms with Crippen LogP contribution < -0.4 is 10.6 Å². The van der Waals surface area contributed by atoms with Crippen molar-refractivity contribution in [1.82, 2.24) is 14.9 Å². The Kier molecular flexibility index (Phi) is 6.51. The van der Waals surface area contributed by atoms with Crippen LogP contribution in [0, 0.1) is 0 Å². The first-order valence-corrected chi connectivity index (χ1v) is 11.0. The highest BCUT2D eigenvalue weighted by molar-refractivity contribution is 6.30. The topological polar surface area (TPSA) is 102 Å². The Balaban J connectivity index is 1.33. The molecule has 2 N–H and O–H groups in total. The van der Waals surface area contributed by atoms with Crippen LogP contribution in [0.1, 0.15) is 42.6 Å². The number of aromatic nitrogens is 3. The molecule has 0 spiro atoms. The van der Waals surface area contributed by atoms with Gasteiger partial charge < -0.3 is 15.2 Å². The van der Waals surface area contributed by atoms with E-state index in [1.807, 2.05) is 32.9 Å². The van der Waals surface area contributed by atoms with E-state index in [0.29, 0.717) is 27.7 Å². The van der Waals surface area contributed by atoms with Gasteiger partial charge >= 0.3 is 0 Å². The average molecular weight is 478 g/mol. The minimum atomic E-state index is -0.300. The number of nitrogens with one attached hydrogen (secondary N) is 2. The van der Waals surface area contributed by atoms with E-state index in [1.54, 1.807) is 53.3 Å². The molecule has 2 amide bonds. The second-order valence-electron chi connectivity index (χ2n) is 8.84. The maximum absolute atomic E-state index is 12.6. The summed E-state index contributed by atoms with van der Waals surface area (Å²) in [7, 11) is 0. The molecule has 0 aliphatic carbocycles. The number of carbonyl (C=O) groups is 2. The van der Waals surface area contributed by atoms with E-state index >= 15 is 0 Å². The van der Waals surface area contributed by atoms with E-state index < -0.39 is 0 Å². The fourth-order valence-corrected chi connectivity index (χ4v) is 3.34. The molecule has 0 radical (unpaired) electrons. The van der Waals surface area contributed by atoms with Gasteiger partial charge in [0.25, 0.3) is 5.91 Å². The molecule has 9 heteroatoms. The lowest BCUT2D eigenvalue weighted by molar-refractivity contribution is -0.115. The molecule has 0 fully saturated rings. The molecule has 0 saturated heterocycles.